The molecule has 0 N–H and O–H groups in total. The number of piperazine rings is 1. The Morgan fingerprint density at radius 2 is 1.75 bits per heavy atom. The number of benzene rings is 2. The number of nitrogens with zero attached hydrogens (tertiary/aromatic N) is 3. The molecule has 1 aliphatic heterocycles. The molecule has 0 aliphatic carbocycles. The van der Waals surface area contributed by atoms with Gasteiger partial charge in [0.1, 0.15) is 0 Å². The lowest BCUT2D eigenvalue weighted by atomic mass is 10.1. The molecule has 2 aromatic carbocycles. The van der Waals surface area contributed by atoms with Crippen molar-refractivity contribution < 1.29 is 0 Å². The van der Waals surface area contributed by atoms with Gasteiger partial charge < -0.3 is 4.90 Å². The van der Waals surface area contributed by atoms with E-state index in [0.717, 1.165) is 31.7 Å². The molecule has 0 spiro atoms. The maximum absolute atomic E-state index is 4.46. The highest BCUT2D eigenvalue weighted by Crippen LogP contribution is 2.27. The van der Waals surface area contributed by atoms with Crippen LogP contribution in [0.3, 0.4) is 0 Å². The number of aryl methyl sites for hydroxylation is 1. The van der Waals surface area contributed by atoms with Gasteiger partial charge in [-0.1, -0.05) is 23.8 Å². The van der Waals surface area contributed by atoms with Gasteiger partial charge in [-0.3, -0.25) is 4.90 Å². The minimum Gasteiger partial charge on any atom is -0.369 e. The average Bonchev–Trinajstić information content (AvgIpc) is 3.09. The Bertz CT molecular complexity index is 816. The summed E-state index contributed by atoms with van der Waals surface area (Å²) in [5.41, 5.74) is 7.10. The molecule has 1 saturated heterocycles. The molecule has 24 heavy (non-hydrogen) atoms. The van der Waals surface area contributed by atoms with Crippen molar-refractivity contribution in [2.75, 3.05) is 31.1 Å². The van der Waals surface area contributed by atoms with Crippen LogP contribution in [0.4, 0.5) is 5.69 Å². The number of aromatic nitrogens is 1. The molecule has 2 heterocycles. The molecule has 0 radical (unpaired) electrons. The highest BCUT2D eigenvalue weighted by molar-refractivity contribution is 7.16. The topological polar surface area (TPSA) is 19.4 Å². The minimum atomic E-state index is 0.441. The highest BCUT2D eigenvalue weighted by Gasteiger charge is 2.22. The van der Waals surface area contributed by atoms with Crippen LogP contribution >= 0.6 is 11.3 Å². The van der Waals surface area contributed by atoms with E-state index >= 15 is 0 Å². The van der Waals surface area contributed by atoms with Crippen molar-refractivity contribution in [2.45, 2.75) is 19.9 Å². The summed E-state index contributed by atoms with van der Waals surface area (Å²) in [5.74, 6) is 0. The Morgan fingerprint density at radius 1 is 1.00 bits per heavy atom. The fraction of sp³-hybridized carbons (Fsp3) is 0.350. The SMILES string of the molecule is Cc1ccc(N2CCN([C@H](C)c3ccc4scnc4c3)CC2)cc1. The zero-order chi connectivity index (χ0) is 16.5. The van der Waals surface area contributed by atoms with Crippen LogP contribution in [0.25, 0.3) is 10.2 Å². The largest absolute Gasteiger partial charge is 0.369 e. The van der Waals surface area contributed by atoms with Crippen LogP contribution in [0.15, 0.2) is 48.0 Å². The number of anilines is 1. The van der Waals surface area contributed by atoms with Crippen LogP contribution in [-0.2, 0) is 0 Å². The lowest BCUT2D eigenvalue weighted by Gasteiger charge is -2.39. The van der Waals surface area contributed by atoms with Gasteiger partial charge in [-0.05, 0) is 43.7 Å². The third-order valence-electron chi connectivity index (χ3n) is 5.10. The first-order chi connectivity index (χ1) is 11.7. The van der Waals surface area contributed by atoms with Gasteiger partial charge in [-0.15, -0.1) is 11.3 Å². The maximum atomic E-state index is 4.46. The highest BCUT2D eigenvalue weighted by atomic mass is 32.1. The van der Waals surface area contributed by atoms with E-state index in [4.69, 9.17) is 0 Å². The lowest BCUT2D eigenvalue weighted by molar-refractivity contribution is 0.198. The van der Waals surface area contributed by atoms with Crippen LogP contribution in [0, 0.1) is 6.92 Å². The lowest BCUT2D eigenvalue weighted by Crippen LogP contribution is -2.47. The second-order valence-electron chi connectivity index (χ2n) is 6.61. The first-order valence-electron chi connectivity index (χ1n) is 8.59. The fourth-order valence-corrected chi connectivity index (χ4v) is 4.13. The van der Waals surface area contributed by atoms with Gasteiger partial charge in [-0.25, -0.2) is 4.98 Å². The second-order valence-corrected chi connectivity index (χ2v) is 7.50. The Balaban J connectivity index is 1.43. The third kappa shape index (κ3) is 3.04. The van der Waals surface area contributed by atoms with Crippen LogP contribution in [-0.4, -0.2) is 36.1 Å². The van der Waals surface area contributed by atoms with Crippen molar-refractivity contribution in [1.29, 1.82) is 0 Å². The van der Waals surface area contributed by atoms with Gasteiger partial charge in [-0.2, -0.15) is 0 Å². The summed E-state index contributed by atoms with van der Waals surface area (Å²) in [6.07, 6.45) is 0. The van der Waals surface area contributed by atoms with Crippen LogP contribution < -0.4 is 4.90 Å². The number of fused-ring (bicyclic) bond motifs is 1. The van der Waals surface area contributed by atoms with Gasteiger partial charge >= 0.3 is 0 Å². The second kappa shape index (κ2) is 6.54. The molecule has 0 amide bonds. The van der Waals surface area contributed by atoms with E-state index < -0.39 is 0 Å². The van der Waals surface area contributed by atoms with Crippen molar-refractivity contribution in [3.8, 4) is 0 Å². The molecule has 124 valence electrons. The fourth-order valence-electron chi connectivity index (χ4n) is 3.47. The zero-order valence-electron chi connectivity index (χ0n) is 14.3. The maximum Gasteiger partial charge on any atom is 0.0815 e. The molecule has 1 aliphatic rings. The predicted molar refractivity (Wildman–Crippen MR) is 103 cm³/mol. The number of hydrogen-bond acceptors (Lipinski definition) is 4. The Labute approximate surface area is 147 Å². The Hall–Kier alpha value is -1.91. The molecule has 1 fully saturated rings. The summed E-state index contributed by atoms with van der Waals surface area (Å²) < 4.78 is 1.27. The van der Waals surface area contributed by atoms with Crippen molar-refractivity contribution in [1.82, 2.24) is 9.88 Å². The first-order valence-corrected chi connectivity index (χ1v) is 9.47. The molecule has 4 rings (SSSR count). The van der Waals surface area contributed by atoms with Crippen LogP contribution in [0.1, 0.15) is 24.1 Å². The molecule has 0 saturated carbocycles. The molecule has 4 heteroatoms. The molecule has 1 aromatic heterocycles. The summed E-state index contributed by atoms with van der Waals surface area (Å²) in [5, 5.41) is 0. The molecule has 0 bridgehead atoms. The summed E-state index contributed by atoms with van der Waals surface area (Å²) in [6, 6.07) is 16.0. The van der Waals surface area contributed by atoms with Crippen molar-refractivity contribution in [3.05, 3.63) is 59.1 Å². The van der Waals surface area contributed by atoms with Gasteiger partial charge in [0.05, 0.1) is 15.7 Å². The number of hydrogen-bond donors (Lipinski definition) is 0. The van der Waals surface area contributed by atoms with Crippen molar-refractivity contribution >= 4 is 27.2 Å². The van der Waals surface area contributed by atoms with Gasteiger partial charge in [0.2, 0.25) is 0 Å². The van der Waals surface area contributed by atoms with Crippen LogP contribution in [0.5, 0.6) is 0 Å². The van der Waals surface area contributed by atoms with Crippen LogP contribution in [0.2, 0.25) is 0 Å². The summed E-state index contributed by atoms with van der Waals surface area (Å²) in [6.45, 7) is 8.84. The smallest absolute Gasteiger partial charge is 0.0815 e. The Morgan fingerprint density at radius 3 is 2.50 bits per heavy atom. The summed E-state index contributed by atoms with van der Waals surface area (Å²) in [7, 11) is 0. The van der Waals surface area contributed by atoms with Gasteiger partial charge in [0.15, 0.2) is 0 Å². The van der Waals surface area contributed by atoms with E-state index in [9.17, 15) is 0 Å². The molecule has 3 nitrogen and oxygen atoms in total. The normalized spacial score (nSPS) is 17.3. The number of thiazole rings is 1. The van der Waals surface area contributed by atoms with Crippen molar-refractivity contribution in [2.24, 2.45) is 0 Å². The van der Waals surface area contributed by atoms with Gasteiger partial charge in [0.25, 0.3) is 0 Å². The van der Waals surface area contributed by atoms with E-state index in [-0.39, 0.29) is 0 Å². The molecule has 0 unspecified atom stereocenters. The minimum absolute atomic E-state index is 0.441. The monoisotopic (exact) mass is 337 g/mol. The first kappa shape index (κ1) is 15.6. The molecular formula is C20H23N3S. The molecule has 1 atom stereocenters. The van der Waals surface area contributed by atoms with Crippen molar-refractivity contribution in [3.63, 3.8) is 0 Å². The van der Waals surface area contributed by atoms with E-state index in [2.05, 4.69) is 71.1 Å². The average molecular weight is 337 g/mol. The molecular weight excluding hydrogens is 314 g/mol. The van der Waals surface area contributed by atoms with E-state index in [0.29, 0.717) is 6.04 Å². The predicted octanol–water partition coefficient (Wildman–Crippen LogP) is 4.49. The number of rotatable bonds is 3. The van der Waals surface area contributed by atoms with Gasteiger partial charge in [0, 0.05) is 37.9 Å². The third-order valence-corrected chi connectivity index (χ3v) is 5.91. The van der Waals surface area contributed by atoms with E-state index in [1.807, 2.05) is 5.51 Å². The van der Waals surface area contributed by atoms with E-state index in [1.165, 1.54) is 21.5 Å². The summed E-state index contributed by atoms with van der Waals surface area (Å²) >= 11 is 1.71. The van der Waals surface area contributed by atoms with E-state index in [1.54, 1.807) is 11.3 Å². The Kier molecular flexibility index (Phi) is 4.25. The standard InChI is InChI=1S/C20H23N3S/c1-15-3-6-18(7-4-15)23-11-9-22(10-12-23)16(2)17-5-8-20-19(13-17)21-14-24-20/h3-8,13-14,16H,9-12H2,1-2H3/t16-/m1/s1. The molecule has 3 aromatic rings. The zero-order valence-corrected chi connectivity index (χ0v) is 15.1. The quantitative estimate of drug-likeness (QED) is 0.702. The summed E-state index contributed by atoms with van der Waals surface area (Å²) in [4.78, 5) is 9.53.